The molecule has 0 bridgehead atoms. The molecule has 0 aliphatic heterocycles. The third-order valence-corrected chi connectivity index (χ3v) is 2.85. The number of amides is 1. The van der Waals surface area contributed by atoms with Gasteiger partial charge in [-0.15, -0.1) is 0 Å². The lowest BCUT2D eigenvalue weighted by Gasteiger charge is -2.21. The molecule has 0 fully saturated rings. The van der Waals surface area contributed by atoms with Crippen LogP contribution in [-0.4, -0.2) is 44.8 Å². The van der Waals surface area contributed by atoms with Crippen molar-refractivity contribution in [1.29, 1.82) is 0 Å². The minimum Gasteiger partial charge on any atom is -0.480 e. The SMILES string of the molecule is CC(C(=O)O)N(C)C(=O)CCc1ccnn1C. The summed E-state index contributed by atoms with van der Waals surface area (Å²) in [5.41, 5.74) is 0.953. The highest BCUT2D eigenvalue weighted by atomic mass is 16.4. The number of aryl methyl sites for hydroxylation is 2. The molecule has 0 aromatic carbocycles. The number of nitrogens with zero attached hydrogens (tertiary/aromatic N) is 3. The van der Waals surface area contributed by atoms with E-state index in [0.717, 1.165) is 5.69 Å². The van der Waals surface area contributed by atoms with Crippen LogP contribution in [0.5, 0.6) is 0 Å². The first-order valence-corrected chi connectivity index (χ1v) is 5.39. The average Bonchev–Trinajstić information content (AvgIpc) is 2.69. The van der Waals surface area contributed by atoms with Crippen LogP contribution in [-0.2, 0) is 23.1 Å². The molecular weight excluding hydrogens is 222 g/mol. The Morgan fingerprint density at radius 1 is 1.59 bits per heavy atom. The van der Waals surface area contributed by atoms with Crippen molar-refractivity contribution >= 4 is 11.9 Å². The molecule has 17 heavy (non-hydrogen) atoms. The van der Waals surface area contributed by atoms with Crippen LogP contribution in [0.15, 0.2) is 12.3 Å². The molecule has 1 aromatic rings. The predicted molar refractivity (Wildman–Crippen MR) is 61.4 cm³/mol. The highest BCUT2D eigenvalue weighted by Crippen LogP contribution is 2.05. The molecule has 1 heterocycles. The molecule has 6 nitrogen and oxygen atoms in total. The standard InChI is InChI=1S/C11H17N3O3/c1-8(11(16)17)13(2)10(15)5-4-9-6-7-12-14(9)3/h6-8H,4-5H2,1-3H3,(H,16,17). The molecule has 0 radical (unpaired) electrons. The van der Waals surface area contributed by atoms with Gasteiger partial charge in [-0.05, 0) is 19.4 Å². The fourth-order valence-electron chi connectivity index (χ4n) is 1.44. The number of hydrogen-bond donors (Lipinski definition) is 1. The van der Waals surface area contributed by atoms with Gasteiger partial charge in [0, 0.05) is 32.4 Å². The normalized spacial score (nSPS) is 12.2. The van der Waals surface area contributed by atoms with Gasteiger partial charge in [-0.3, -0.25) is 9.48 Å². The lowest BCUT2D eigenvalue weighted by Crippen LogP contribution is -2.40. The average molecular weight is 239 g/mol. The molecule has 0 saturated carbocycles. The van der Waals surface area contributed by atoms with Crippen LogP contribution in [0.3, 0.4) is 0 Å². The van der Waals surface area contributed by atoms with Crippen molar-refractivity contribution in [2.75, 3.05) is 7.05 Å². The number of likely N-dealkylation sites (N-methyl/N-ethyl adjacent to an activating group) is 1. The molecule has 1 aromatic heterocycles. The van der Waals surface area contributed by atoms with Crippen molar-refractivity contribution in [3.8, 4) is 0 Å². The molecule has 1 rings (SSSR count). The van der Waals surface area contributed by atoms with Gasteiger partial charge in [-0.2, -0.15) is 5.10 Å². The molecule has 1 N–H and O–H groups in total. The van der Waals surface area contributed by atoms with Crippen LogP contribution in [0.25, 0.3) is 0 Å². The smallest absolute Gasteiger partial charge is 0.326 e. The Balaban J connectivity index is 2.50. The molecule has 1 amide bonds. The third-order valence-electron chi connectivity index (χ3n) is 2.85. The summed E-state index contributed by atoms with van der Waals surface area (Å²) in [5.74, 6) is -1.18. The van der Waals surface area contributed by atoms with Crippen molar-refractivity contribution in [2.45, 2.75) is 25.8 Å². The summed E-state index contributed by atoms with van der Waals surface area (Å²) in [4.78, 5) is 23.7. The van der Waals surface area contributed by atoms with Crippen LogP contribution in [0.2, 0.25) is 0 Å². The summed E-state index contributed by atoms with van der Waals surface area (Å²) in [6, 6.07) is 1.04. The summed E-state index contributed by atoms with van der Waals surface area (Å²) >= 11 is 0. The number of carbonyl (C=O) groups is 2. The van der Waals surface area contributed by atoms with Crippen molar-refractivity contribution < 1.29 is 14.7 Å². The Hall–Kier alpha value is -1.85. The van der Waals surface area contributed by atoms with Crippen LogP contribution in [0, 0.1) is 0 Å². The van der Waals surface area contributed by atoms with Gasteiger partial charge in [0.05, 0.1) is 0 Å². The Bertz CT molecular complexity index is 414. The third kappa shape index (κ3) is 3.30. The van der Waals surface area contributed by atoms with E-state index in [0.29, 0.717) is 6.42 Å². The van der Waals surface area contributed by atoms with Gasteiger partial charge in [-0.25, -0.2) is 4.79 Å². The molecule has 0 aliphatic rings. The summed E-state index contributed by atoms with van der Waals surface area (Å²) in [6.07, 6.45) is 2.52. The number of hydrogen-bond acceptors (Lipinski definition) is 3. The number of aromatic nitrogens is 2. The molecule has 0 saturated heterocycles. The maximum absolute atomic E-state index is 11.7. The Labute approximate surface area is 99.8 Å². The van der Waals surface area contributed by atoms with Crippen molar-refractivity contribution in [2.24, 2.45) is 7.05 Å². The fraction of sp³-hybridized carbons (Fsp3) is 0.545. The highest BCUT2D eigenvalue weighted by molar-refractivity contribution is 5.83. The molecule has 0 spiro atoms. The van der Waals surface area contributed by atoms with Crippen LogP contribution < -0.4 is 0 Å². The van der Waals surface area contributed by atoms with Gasteiger partial charge in [0.25, 0.3) is 0 Å². The Morgan fingerprint density at radius 2 is 2.24 bits per heavy atom. The summed E-state index contributed by atoms with van der Waals surface area (Å²) < 4.78 is 1.70. The molecule has 0 aliphatic carbocycles. The second-order valence-electron chi connectivity index (χ2n) is 3.97. The maximum Gasteiger partial charge on any atom is 0.326 e. The van der Waals surface area contributed by atoms with Crippen LogP contribution >= 0.6 is 0 Å². The number of carbonyl (C=O) groups excluding carboxylic acids is 1. The zero-order chi connectivity index (χ0) is 13.0. The topological polar surface area (TPSA) is 75.4 Å². The second-order valence-corrected chi connectivity index (χ2v) is 3.97. The van der Waals surface area contributed by atoms with Gasteiger partial charge < -0.3 is 10.0 Å². The first-order valence-electron chi connectivity index (χ1n) is 5.39. The first kappa shape index (κ1) is 13.2. The van der Waals surface area contributed by atoms with Gasteiger partial charge in [0.1, 0.15) is 6.04 Å². The molecule has 6 heteroatoms. The zero-order valence-corrected chi connectivity index (χ0v) is 10.3. The lowest BCUT2D eigenvalue weighted by atomic mass is 10.2. The number of carboxylic acid groups (broad SMARTS) is 1. The monoisotopic (exact) mass is 239 g/mol. The minimum absolute atomic E-state index is 0.180. The van der Waals surface area contributed by atoms with E-state index in [-0.39, 0.29) is 12.3 Å². The zero-order valence-electron chi connectivity index (χ0n) is 10.3. The number of carboxylic acids is 1. The Morgan fingerprint density at radius 3 is 2.71 bits per heavy atom. The van der Waals surface area contributed by atoms with E-state index in [9.17, 15) is 9.59 Å². The van der Waals surface area contributed by atoms with Gasteiger partial charge in [-0.1, -0.05) is 0 Å². The van der Waals surface area contributed by atoms with Gasteiger partial charge >= 0.3 is 5.97 Å². The van der Waals surface area contributed by atoms with Gasteiger partial charge in [0.15, 0.2) is 0 Å². The summed E-state index contributed by atoms with van der Waals surface area (Å²) in [5, 5.41) is 12.8. The van der Waals surface area contributed by atoms with E-state index < -0.39 is 12.0 Å². The predicted octanol–water partition coefficient (Wildman–Crippen LogP) is 0.284. The van der Waals surface area contributed by atoms with Crippen molar-refractivity contribution in [3.63, 3.8) is 0 Å². The van der Waals surface area contributed by atoms with Crippen LogP contribution in [0.1, 0.15) is 19.0 Å². The first-order chi connectivity index (χ1) is 7.93. The largest absolute Gasteiger partial charge is 0.480 e. The second kappa shape index (κ2) is 5.47. The summed E-state index contributed by atoms with van der Waals surface area (Å²) in [7, 11) is 3.31. The highest BCUT2D eigenvalue weighted by Gasteiger charge is 2.21. The minimum atomic E-state index is -0.999. The van der Waals surface area contributed by atoms with Gasteiger partial charge in [0.2, 0.25) is 5.91 Å². The quantitative estimate of drug-likeness (QED) is 0.801. The van der Waals surface area contributed by atoms with Crippen LogP contribution in [0.4, 0.5) is 0 Å². The number of rotatable bonds is 5. The number of aliphatic carboxylic acids is 1. The molecule has 1 unspecified atom stereocenters. The maximum atomic E-state index is 11.7. The lowest BCUT2D eigenvalue weighted by molar-refractivity contribution is -0.148. The fourth-order valence-corrected chi connectivity index (χ4v) is 1.44. The molecule has 94 valence electrons. The van der Waals surface area contributed by atoms with Crippen molar-refractivity contribution in [1.82, 2.24) is 14.7 Å². The van der Waals surface area contributed by atoms with E-state index in [4.69, 9.17) is 5.11 Å². The molecular formula is C11H17N3O3. The van der Waals surface area contributed by atoms with Crippen molar-refractivity contribution in [3.05, 3.63) is 18.0 Å². The van der Waals surface area contributed by atoms with E-state index in [2.05, 4.69) is 5.10 Å². The molecule has 1 atom stereocenters. The van der Waals surface area contributed by atoms with E-state index in [1.54, 1.807) is 10.9 Å². The Kier molecular flexibility index (Phi) is 4.25. The summed E-state index contributed by atoms with van der Waals surface area (Å²) in [6.45, 7) is 1.49. The van der Waals surface area contributed by atoms with E-state index in [1.807, 2.05) is 13.1 Å². The van der Waals surface area contributed by atoms with E-state index in [1.165, 1.54) is 18.9 Å². The van der Waals surface area contributed by atoms with E-state index >= 15 is 0 Å².